The molecule has 8 heteroatoms. The summed E-state index contributed by atoms with van der Waals surface area (Å²) in [7, 11) is 0. The summed E-state index contributed by atoms with van der Waals surface area (Å²) in [6, 6.07) is 0. The average Bonchev–Trinajstić information content (AvgIpc) is 3.08. The van der Waals surface area contributed by atoms with E-state index in [1.807, 2.05) is 11.6 Å². The Morgan fingerprint density at radius 3 is 2.70 bits per heavy atom. The predicted molar refractivity (Wildman–Crippen MR) is 108 cm³/mol. The first kappa shape index (κ1) is 20.4. The molecule has 0 unspecified atom stereocenters. The van der Waals surface area contributed by atoms with Gasteiger partial charge >= 0.3 is 0 Å². The molecule has 6 nitrogen and oxygen atoms in total. The van der Waals surface area contributed by atoms with Crippen LogP contribution in [0, 0.1) is 0 Å². The molecule has 1 saturated heterocycles. The number of guanidine groups is 1. The lowest BCUT2D eigenvalue weighted by Crippen LogP contribution is -2.51. The third-order valence-electron chi connectivity index (χ3n) is 3.66. The molecule has 132 valence electrons. The number of nitrogens with two attached hydrogens (primary N) is 1. The van der Waals surface area contributed by atoms with E-state index < -0.39 is 0 Å². The van der Waals surface area contributed by atoms with Crippen LogP contribution in [0.15, 0.2) is 16.6 Å². The summed E-state index contributed by atoms with van der Waals surface area (Å²) in [5.41, 5.74) is 6.08. The van der Waals surface area contributed by atoms with Crippen molar-refractivity contribution in [1.29, 1.82) is 0 Å². The summed E-state index contributed by atoms with van der Waals surface area (Å²) >= 11 is 1.68. The fourth-order valence-corrected chi connectivity index (χ4v) is 3.00. The Morgan fingerprint density at radius 2 is 2.04 bits per heavy atom. The maximum absolute atomic E-state index is 6.08. The van der Waals surface area contributed by atoms with E-state index in [2.05, 4.69) is 26.7 Å². The quantitative estimate of drug-likeness (QED) is 0.284. The molecule has 2 rings (SSSR count). The van der Waals surface area contributed by atoms with Gasteiger partial charge in [0.1, 0.15) is 0 Å². The van der Waals surface area contributed by atoms with Gasteiger partial charge in [-0.05, 0) is 12.8 Å². The van der Waals surface area contributed by atoms with Gasteiger partial charge in [0.05, 0.1) is 0 Å². The second-order valence-electron chi connectivity index (χ2n) is 5.35. The second kappa shape index (κ2) is 11.9. The van der Waals surface area contributed by atoms with Gasteiger partial charge < -0.3 is 20.3 Å². The molecule has 0 saturated carbocycles. The van der Waals surface area contributed by atoms with Crippen molar-refractivity contribution in [1.82, 2.24) is 9.88 Å². The van der Waals surface area contributed by atoms with Crippen LogP contribution in [0.2, 0.25) is 0 Å². The Labute approximate surface area is 160 Å². The van der Waals surface area contributed by atoms with Gasteiger partial charge in [0.25, 0.3) is 0 Å². The van der Waals surface area contributed by atoms with Crippen molar-refractivity contribution in [2.24, 2.45) is 10.7 Å². The average molecular weight is 453 g/mol. The van der Waals surface area contributed by atoms with Crippen LogP contribution in [0.4, 0.5) is 5.13 Å². The highest BCUT2D eigenvalue weighted by molar-refractivity contribution is 14.0. The minimum Gasteiger partial charge on any atom is -0.381 e. The lowest BCUT2D eigenvalue weighted by molar-refractivity contribution is 0.130. The first-order chi connectivity index (χ1) is 10.8. The van der Waals surface area contributed by atoms with Crippen molar-refractivity contribution >= 4 is 46.4 Å². The molecular formula is C15H28IN5OS. The van der Waals surface area contributed by atoms with Crippen LogP contribution in [0.1, 0.15) is 26.2 Å². The van der Waals surface area contributed by atoms with E-state index in [4.69, 9.17) is 10.5 Å². The molecule has 0 atom stereocenters. The number of unbranched alkanes of at least 4 members (excludes halogenated alkanes) is 1. The molecule has 0 amide bonds. The standard InChI is InChI=1S/C15H27N5OS.HI/c1-2-3-11-21-12-4-5-17-14(16)19-7-9-20(10-8-19)15-18-6-13-22-15;/h6,13H,2-5,7-12H2,1H3,(H2,16,17);1H. The molecule has 0 aromatic carbocycles. The SMILES string of the molecule is CCCCOCCCN=C(N)N1CCN(c2nccs2)CC1.I. The Balaban J connectivity index is 0.00000264. The van der Waals surface area contributed by atoms with Crippen LogP contribution >= 0.6 is 35.3 Å². The third kappa shape index (κ3) is 7.21. The number of thiazole rings is 1. The number of anilines is 1. The smallest absolute Gasteiger partial charge is 0.191 e. The number of hydrogen-bond acceptors (Lipinski definition) is 5. The number of nitrogens with zero attached hydrogens (tertiary/aromatic N) is 4. The minimum atomic E-state index is 0. The van der Waals surface area contributed by atoms with Gasteiger partial charge in [0.15, 0.2) is 11.1 Å². The summed E-state index contributed by atoms with van der Waals surface area (Å²) in [5, 5.41) is 3.11. The molecule has 1 aliphatic heterocycles. The number of aliphatic imine (C=N–C) groups is 1. The zero-order chi connectivity index (χ0) is 15.6. The highest BCUT2D eigenvalue weighted by atomic mass is 127. The number of piperazine rings is 1. The molecular weight excluding hydrogens is 425 g/mol. The van der Waals surface area contributed by atoms with E-state index in [1.54, 1.807) is 11.3 Å². The maximum atomic E-state index is 6.08. The van der Waals surface area contributed by atoms with Gasteiger partial charge in [-0.1, -0.05) is 13.3 Å². The lowest BCUT2D eigenvalue weighted by Gasteiger charge is -2.35. The summed E-state index contributed by atoms with van der Waals surface area (Å²) in [6.45, 7) is 8.24. The van der Waals surface area contributed by atoms with Crippen LogP contribution in [0.5, 0.6) is 0 Å². The molecule has 0 aliphatic carbocycles. The third-order valence-corrected chi connectivity index (χ3v) is 4.49. The van der Waals surface area contributed by atoms with Gasteiger partial charge in [-0.2, -0.15) is 0 Å². The predicted octanol–water partition coefficient (Wildman–Crippen LogP) is 2.40. The van der Waals surface area contributed by atoms with Crippen LogP contribution in [-0.4, -0.2) is 61.8 Å². The van der Waals surface area contributed by atoms with Crippen molar-refractivity contribution < 1.29 is 4.74 Å². The zero-order valence-electron chi connectivity index (χ0n) is 13.8. The lowest BCUT2D eigenvalue weighted by atomic mass is 10.3. The topological polar surface area (TPSA) is 67.0 Å². The summed E-state index contributed by atoms with van der Waals surface area (Å²) in [5.74, 6) is 0.660. The summed E-state index contributed by atoms with van der Waals surface area (Å²) in [6.07, 6.45) is 5.10. The van der Waals surface area contributed by atoms with Gasteiger partial charge in [-0.25, -0.2) is 4.98 Å². The summed E-state index contributed by atoms with van der Waals surface area (Å²) < 4.78 is 5.52. The fraction of sp³-hybridized carbons (Fsp3) is 0.733. The molecule has 0 bridgehead atoms. The van der Waals surface area contributed by atoms with E-state index in [0.717, 1.165) is 63.9 Å². The normalized spacial score (nSPS) is 15.6. The largest absolute Gasteiger partial charge is 0.381 e. The van der Waals surface area contributed by atoms with E-state index in [9.17, 15) is 0 Å². The molecule has 23 heavy (non-hydrogen) atoms. The Bertz CT molecular complexity index is 435. The molecule has 1 aromatic heterocycles. The minimum absolute atomic E-state index is 0. The van der Waals surface area contributed by atoms with Crippen LogP contribution in [-0.2, 0) is 4.74 Å². The highest BCUT2D eigenvalue weighted by Gasteiger charge is 2.19. The first-order valence-electron chi connectivity index (χ1n) is 8.08. The van der Waals surface area contributed by atoms with E-state index >= 15 is 0 Å². The number of hydrogen-bond donors (Lipinski definition) is 1. The van der Waals surface area contributed by atoms with Crippen molar-refractivity contribution in [3.63, 3.8) is 0 Å². The molecule has 1 aromatic rings. The second-order valence-corrected chi connectivity index (χ2v) is 6.22. The summed E-state index contributed by atoms with van der Waals surface area (Å²) in [4.78, 5) is 13.3. The number of halogens is 1. The molecule has 2 N–H and O–H groups in total. The highest BCUT2D eigenvalue weighted by Crippen LogP contribution is 2.18. The van der Waals surface area contributed by atoms with Gasteiger partial charge in [-0.3, -0.25) is 4.99 Å². The van der Waals surface area contributed by atoms with Crippen molar-refractivity contribution in [2.45, 2.75) is 26.2 Å². The van der Waals surface area contributed by atoms with Gasteiger partial charge in [0.2, 0.25) is 0 Å². The van der Waals surface area contributed by atoms with Crippen molar-refractivity contribution in [2.75, 3.05) is 50.8 Å². The van der Waals surface area contributed by atoms with E-state index in [0.29, 0.717) is 5.96 Å². The number of rotatable bonds is 8. The molecule has 1 aliphatic rings. The van der Waals surface area contributed by atoms with Crippen LogP contribution in [0.3, 0.4) is 0 Å². The Hall–Kier alpha value is -0.610. The molecule has 0 spiro atoms. The number of ether oxygens (including phenoxy) is 1. The van der Waals surface area contributed by atoms with Crippen molar-refractivity contribution in [3.8, 4) is 0 Å². The van der Waals surface area contributed by atoms with E-state index in [-0.39, 0.29) is 24.0 Å². The van der Waals surface area contributed by atoms with E-state index in [1.165, 1.54) is 6.42 Å². The first-order valence-corrected chi connectivity index (χ1v) is 8.96. The van der Waals surface area contributed by atoms with Gasteiger partial charge in [0, 0.05) is 57.5 Å². The number of aromatic nitrogens is 1. The van der Waals surface area contributed by atoms with Gasteiger partial charge in [-0.15, -0.1) is 35.3 Å². The van der Waals surface area contributed by atoms with Crippen molar-refractivity contribution in [3.05, 3.63) is 11.6 Å². The molecule has 2 heterocycles. The molecule has 1 fully saturated rings. The fourth-order valence-electron chi connectivity index (χ4n) is 2.31. The zero-order valence-corrected chi connectivity index (χ0v) is 17.0. The maximum Gasteiger partial charge on any atom is 0.191 e. The molecule has 0 radical (unpaired) electrons. The van der Waals surface area contributed by atoms with Crippen LogP contribution in [0.25, 0.3) is 0 Å². The monoisotopic (exact) mass is 453 g/mol. The Kier molecular flexibility index (Phi) is 10.5. The van der Waals surface area contributed by atoms with Crippen LogP contribution < -0.4 is 10.6 Å². The Morgan fingerprint density at radius 1 is 1.30 bits per heavy atom.